The van der Waals surface area contributed by atoms with E-state index >= 15 is 0 Å². The van der Waals surface area contributed by atoms with Crippen molar-refractivity contribution in [3.05, 3.63) is 23.8 Å². The highest BCUT2D eigenvalue weighted by Gasteiger charge is 2.05. The maximum Gasteiger partial charge on any atom is 0.124 e. The monoisotopic (exact) mass is 239 g/mol. The molecule has 0 saturated carbocycles. The summed E-state index contributed by atoms with van der Waals surface area (Å²) in [7, 11) is 3.33. The summed E-state index contributed by atoms with van der Waals surface area (Å²) in [5, 5.41) is 3.28. The third kappa shape index (κ3) is 4.63. The molecule has 0 aliphatic heterocycles. The molecule has 4 nitrogen and oxygen atoms in total. The van der Waals surface area contributed by atoms with E-state index in [1.54, 1.807) is 14.2 Å². The first-order chi connectivity index (χ1) is 8.31. The van der Waals surface area contributed by atoms with Gasteiger partial charge in [0.05, 0.1) is 13.7 Å². The van der Waals surface area contributed by atoms with Gasteiger partial charge in [0.2, 0.25) is 0 Å². The Labute approximate surface area is 103 Å². The van der Waals surface area contributed by atoms with E-state index < -0.39 is 0 Å². The van der Waals surface area contributed by atoms with Gasteiger partial charge in [-0.05, 0) is 24.7 Å². The lowest BCUT2D eigenvalue weighted by atomic mass is 10.2. The Morgan fingerprint density at radius 3 is 2.65 bits per heavy atom. The fourth-order valence-corrected chi connectivity index (χ4v) is 1.46. The van der Waals surface area contributed by atoms with E-state index in [2.05, 4.69) is 12.2 Å². The average molecular weight is 239 g/mol. The third-order valence-electron chi connectivity index (χ3n) is 2.38. The van der Waals surface area contributed by atoms with Crippen LogP contribution in [0.5, 0.6) is 11.5 Å². The molecule has 17 heavy (non-hydrogen) atoms. The van der Waals surface area contributed by atoms with Gasteiger partial charge in [-0.15, -0.1) is 0 Å². The molecule has 0 fully saturated rings. The Balaban J connectivity index is 2.71. The van der Waals surface area contributed by atoms with Crippen molar-refractivity contribution in [1.82, 2.24) is 5.32 Å². The van der Waals surface area contributed by atoms with Crippen LogP contribution in [0.3, 0.4) is 0 Å². The van der Waals surface area contributed by atoms with E-state index in [1.807, 2.05) is 18.2 Å². The van der Waals surface area contributed by atoms with Gasteiger partial charge in [-0.3, -0.25) is 0 Å². The summed E-state index contributed by atoms with van der Waals surface area (Å²) in [5.41, 5.74) is 1.10. The number of benzene rings is 1. The molecule has 0 spiro atoms. The number of nitrogens with one attached hydrogen (secondary N) is 1. The number of rotatable bonds is 8. The van der Waals surface area contributed by atoms with Crippen LogP contribution < -0.4 is 14.8 Å². The second kappa shape index (κ2) is 7.92. The van der Waals surface area contributed by atoms with Gasteiger partial charge < -0.3 is 19.5 Å². The normalized spacial score (nSPS) is 10.3. The summed E-state index contributed by atoms with van der Waals surface area (Å²) in [6, 6.07) is 5.82. The van der Waals surface area contributed by atoms with Gasteiger partial charge in [0.15, 0.2) is 0 Å². The van der Waals surface area contributed by atoms with Crippen LogP contribution in [0.2, 0.25) is 0 Å². The Kier molecular flexibility index (Phi) is 6.43. The number of methoxy groups -OCH3 is 2. The molecule has 1 rings (SSSR count). The van der Waals surface area contributed by atoms with E-state index in [0.717, 1.165) is 30.2 Å². The topological polar surface area (TPSA) is 39.7 Å². The van der Waals surface area contributed by atoms with Crippen LogP contribution in [0, 0.1) is 0 Å². The lowest BCUT2D eigenvalue weighted by Crippen LogP contribution is -2.14. The molecule has 0 radical (unpaired) electrons. The lowest BCUT2D eigenvalue weighted by molar-refractivity contribution is 0.145. The Hall–Kier alpha value is -1.26. The quantitative estimate of drug-likeness (QED) is 0.703. The van der Waals surface area contributed by atoms with Crippen LogP contribution in [0.25, 0.3) is 0 Å². The molecule has 4 heteroatoms. The molecule has 0 aromatic heterocycles. The minimum Gasteiger partial charge on any atom is -0.497 e. The fraction of sp³-hybridized carbons (Fsp3) is 0.538. The van der Waals surface area contributed by atoms with Gasteiger partial charge in [-0.1, -0.05) is 6.92 Å². The first-order valence-electron chi connectivity index (χ1n) is 5.81. The molecule has 1 aromatic carbocycles. The van der Waals surface area contributed by atoms with Gasteiger partial charge >= 0.3 is 0 Å². The molecule has 0 amide bonds. The standard InChI is InChI=1S/C13H21NO3/c1-4-14-10-11-9-12(16-3)5-6-13(11)17-8-7-15-2/h5-6,9,14H,4,7-8,10H2,1-3H3. The van der Waals surface area contributed by atoms with Crippen molar-refractivity contribution in [3.63, 3.8) is 0 Å². The van der Waals surface area contributed by atoms with Crippen molar-refractivity contribution in [2.75, 3.05) is 34.0 Å². The average Bonchev–Trinajstić information content (AvgIpc) is 2.37. The Morgan fingerprint density at radius 1 is 1.18 bits per heavy atom. The molecule has 1 N–H and O–H groups in total. The Morgan fingerprint density at radius 2 is 2.00 bits per heavy atom. The van der Waals surface area contributed by atoms with Crippen molar-refractivity contribution in [2.45, 2.75) is 13.5 Å². The molecule has 0 saturated heterocycles. The van der Waals surface area contributed by atoms with Crippen LogP contribution in [0.4, 0.5) is 0 Å². The first kappa shape index (κ1) is 13.8. The maximum atomic E-state index is 5.65. The van der Waals surface area contributed by atoms with E-state index in [-0.39, 0.29) is 0 Å². The SMILES string of the molecule is CCNCc1cc(OC)ccc1OCCOC. The highest BCUT2D eigenvalue weighted by Crippen LogP contribution is 2.24. The minimum absolute atomic E-state index is 0.557. The predicted molar refractivity (Wildman–Crippen MR) is 67.7 cm³/mol. The molecular weight excluding hydrogens is 218 g/mol. The van der Waals surface area contributed by atoms with Gasteiger partial charge in [-0.2, -0.15) is 0 Å². The maximum absolute atomic E-state index is 5.65. The highest BCUT2D eigenvalue weighted by atomic mass is 16.5. The summed E-state index contributed by atoms with van der Waals surface area (Å²) in [6.45, 7) is 4.92. The zero-order chi connectivity index (χ0) is 12.5. The summed E-state index contributed by atoms with van der Waals surface area (Å²) < 4.78 is 15.8. The van der Waals surface area contributed by atoms with Gasteiger partial charge in [0.25, 0.3) is 0 Å². The van der Waals surface area contributed by atoms with Gasteiger partial charge in [0, 0.05) is 19.2 Å². The van der Waals surface area contributed by atoms with Gasteiger partial charge in [-0.25, -0.2) is 0 Å². The van der Waals surface area contributed by atoms with Gasteiger partial charge in [0.1, 0.15) is 18.1 Å². The smallest absolute Gasteiger partial charge is 0.124 e. The molecule has 96 valence electrons. The summed E-state index contributed by atoms with van der Waals surface area (Å²) in [6.07, 6.45) is 0. The first-order valence-corrected chi connectivity index (χ1v) is 5.81. The number of hydrogen-bond donors (Lipinski definition) is 1. The molecule has 0 heterocycles. The summed E-state index contributed by atoms with van der Waals surface area (Å²) in [5.74, 6) is 1.72. The molecule has 1 aromatic rings. The van der Waals surface area contributed by atoms with E-state index in [4.69, 9.17) is 14.2 Å². The number of hydrogen-bond acceptors (Lipinski definition) is 4. The number of ether oxygens (including phenoxy) is 3. The second-order valence-corrected chi connectivity index (χ2v) is 3.60. The predicted octanol–water partition coefficient (Wildman–Crippen LogP) is 1.83. The largest absolute Gasteiger partial charge is 0.497 e. The van der Waals surface area contributed by atoms with E-state index in [9.17, 15) is 0 Å². The van der Waals surface area contributed by atoms with Crippen molar-refractivity contribution in [1.29, 1.82) is 0 Å². The fourth-order valence-electron chi connectivity index (χ4n) is 1.46. The van der Waals surface area contributed by atoms with Crippen molar-refractivity contribution in [3.8, 4) is 11.5 Å². The molecular formula is C13H21NO3. The zero-order valence-corrected chi connectivity index (χ0v) is 10.8. The molecule has 0 aliphatic carbocycles. The van der Waals surface area contributed by atoms with Crippen LogP contribution in [0.15, 0.2) is 18.2 Å². The van der Waals surface area contributed by atoms with Crippen LogP contribution in [-0.2, 0) is 11.3 Å². The molecule has 0 aliphatic rings. The zero-order valence-electron chi connectivity index (χ0n) is 10.8. The summed E-state index contributed by atoms with van der Waals surface area (Å²) >= 11 is 0. The summed E-state index contributed by atoms with van der Waals surface area (Å²) in [4.78, 5) is 0. The minimum atomic E-state index is 0.557. The second-order valence-electron chi connectivity index (χ2n) is 3.60. The molecule has 0 bridgehead atoms. The molecule has 0 unspecified atom stereocenters. The lowest BCUT2D eigenvalue weighted by Gasteiger charge is -2.13. The van der Waals surface area contributed by atoms with Crippen molar-refractivity contribution in [2.24, 2.45) is 0 Å². The Bertz CT molecular complexity index is 328. The molecule has 0 atom stereocenters. The van der Waals surface area contributed by atoms with Crippen LogP contribution >= 0.6 is 0 Å². The van der Waals surface area contributed by atoms with Crippen molar-refractivity contribution < 1.29 is 14.2 Å². The van der Waals surface area contributed by atoms with E-state index in [0.29, 0.717) is 13.2 Å². The third-order valence-corrected chi connectivity index (χ3v) is 2.38. The van der Waals surface area contributed by atoms with Crippen LogP contribution in [0.1, 0.15) is 12.5 Å². The van der Waals surface area contributed by atoms with E-state index in [1.165, 1.54) is 0 Å². The van der Waals surface area contributed by atoms with Crippen molar-refractivity contribution >= 4 is 0 Å². The highest BCUT2D eigenvalue weighted by molar-refractivity contribution is 5.40. The van der Waals surface area contributed by atoms with Crippen LogP contribution in [-0.4, -0.2) is 34.0 Å².